The van der Waals surface area contributed by atoms with Crippen molar-refractivity contribution in [1.82, 2.24) is 0 Å². The number of carboxylic acids is 1. The number of carbonyl (C=O) groups excluding carboxylic acids is 2. The molecule has 1 N–H and O–H groups in total. The fourth-order valence-corrected chi connectivity index (χ4v) is 7.85. The zero-order valence-electron chi connectivity index (χ0n) is 42.5. The number of rotatable bonds is 48. The van der Waals surface area contributed by atoms with Crippen LogP contribution in [0.4, 0.5) is 0 Å². The first-order chi connectivity index (χ1) is 31.1. The summed E-state index contributed by atoms with van der Waals surface area (Å²) in [6.07, 6.45) is 57.5. The number of ether oxygens (including phenoxy) is 3. The molecule has 2 atom stereocenters. The topological polar surface area (TPSA) is 99.1 Å². The van der Waals surface area contributed by atoms with E-state index in [1.54, 1.807) is 0 Å². The molecule has 0 aromatic rings. The molecule has 0 heterocycles. The molecule has 0 spiro atoms. The summed E-state index contributed by atoms with van der Waals surface area (Å²) in [7, 11) is 5.52. The molecule has 0 bridgehead atoms. The highest BCUT2D eigenvalue weighted by Crippen LogP contribution is 2.16. The first-order valence-corrected chi connectivity index (χ1v) is 26.7. The van der Waals surface area contributed by atoms with Crippen molar-refractivity contribution in [3.05, 3.63) is 48.6 Å². The highest BCUT2D eigenvalue weighted by Gasteiger charge is 2.31. The minimum absolute atomic E-state index is 0.0408. The van der Waals surface area contributed by atoms with Crippen molar-refractivity contribution in [2.45, 2.75) is 251 Å². The van der Waals surface area contributed by atoms with E-state index in [0.29, 0.717) is 19.3 Å². The van der Waals surface area contributed by atoms with Crippen molar-refractivity contribution < 1.29 is 38.2 Å². The number of quaternary nitrogens is 1. The summed E-state index contributed by atoms with van der Waals surface area (Å²) in [5.41, 5.74) is 0. The lowest BCUT2D eigenvalue weighted by atomic mass is 10.0. The van der Waals surface area contributed by atoms with Gasteiger partial charge in [-0.05, 0) is 51.4 Å². The molecule has 0 aromatic carbocycles. The van der Waals surface area contributed by atoms with Crippen LogP contribution in [0.15, 0.2) is 48.6 Å². The molecule has 2 unspecified atom stereocenters. The monoisotopic (exact) mass is 901 g/mol. The highest BCUT2D eigenvalue weighted by atomic mass is 16.6. The van der Waals surface area contributed by atoms with E-state index in [9.17, 15) is 19.5 Å². The Balaban J connectivity index is 4.23. The van der Waals surface area contributed by atoms with Crippen molar-refractivity contribution in [3.63, 3.8) is 0 Å². The average Bonchev–Trinajstić information content (AvgIpc) is 3.26. The number of hydrogen-bond acceptors (Lipinski definition) is 6. The zero-order chi connectivity index (χ0) is 47.0. The molecule has 0 radical (unpaired) electrons. The maximum absolute atomic E-state index is 12.8. The fourth-order valence-electron chi connectivity index (χ4n) is 7.85. The van der Waals surface area contributed by atoms with E-state index in [2.05, 4.69) is 62.5 Å². The van der Waals surface area contributed by atoms with Crippen LogP contribution in [0.2, 0.25) is 0 Å². The van der Waals surface area contributed by atoms with Crippen LogP contribution in [0.5, 0.6) is 0 Å². The number of unbranched alkanes of at least 4 members (excludes halogenated alkanes) is 26. The Morgan fingerprint density at radius 1 is 0.469 bits per heavy atom. The fraction of sp³-hybridized carbons (Fsp3) is 0.804. The first-order valence-electron chi connectivity index (χ1n) is 26.7. The Labute approximate surface area is 395 Å². The SMILES string of the molecule is CCCCC/C=C/C/C=C/C/C=C/C/C=C/CCCC(=O)OC(COCCC(C(=O)O)[N+](C)(C)C)COC(=O)CCCCCCCCCCCCCCCCCCCCCCCCC. The van der Waals surface area contributed by atoms with Gasteiger partial charge in [-0.2, -0.15) is 0 Å². The van der Waals surface area contributed by atoms with Crippen LogP contribution < -0.4 is 0 Å². The van der Waals surface area contributed by atoms with Crippen LogP contribution in [-0.2, 0) is 28.6 Å². The lowest BCUT2D eigenvalue weighted by Crippen LogP contribution is -2.50. The van der Waals surface area contributed by atoms with E-state index >= 15 is 0 Å². The van der Waals surface area contributed by atoms with E-state index in [4.69, 9.17) is 14.2 Å². The molecular formula is C56H102NO7+. The third kappa shape index (κ3) is 44.5. The van der Waals surface area contributed by atoms with Gasteiger partial charge in [-0.15, -0.1) is 0 Å². The number of esters is 2. The van der Waals surface area contributed by atoms with Gasteiger partial charge in [-0.25, -0.2) is 4.79 Å². The summed E-state index contributed by atoms with van der Waals surface area (Å²) < 4.78 is 17.3. The molecule has 0 aliphatic heterocycles. The zero-order valence-corrected chi connectivity index (χ0v) is 42.5. The Hall–Kier alpha value is -2.71. The van der Waals surface area contributed by atoms with E-state index in [-0.39, 0.29) is 42.7 Å². The van der Waals surface area contributed by atoms with Gasteiger partial charge in [0.1, 0.15) is 6.61 Å². The molecule has 0 amide bonds. The standard InChI is InChI=1S/C56H101NO7/c1-6-8-10-12-14-16-18-20-22-24-25-26-27-28-29-31-32-34-36-38-40-42-44-46-54(58)63-51-52(50-62-49-48-53(56(60)61)57(3,4)5)64-55(59)47-45-43-41-39-37-35-33-30-23-21-19-17-15-13-11-9-7-2/h15,17,21,23,33,35,39,41,52-53H,6-14,16,18-20,22,24-32,34,36-38,40,42-51H2,1-5H3/p+1/b17-15+,23-21+,35-33+,41-39+. The predicted octanol–water partition coefficient (Wildman–Crippen LogP) is 15.5. The molecule has 372 valence electrons. The molecular weight excluding hydrogens is 799 g/mol. The van der Waals surface area contributed by atoms with Gasteiger partial charge in [-0.3, -0.25) is 9.59 Å². The lowest BCUT2D eigenvalue weighted by Gasteiger charge is -2.31. The number of carbonyl (C=O) groups is 3. The Morgan fingerprint density at radius 2 is 0.844 bits per heavy atom. The summed E-state index contributed by atoms with van der Waals surface area (Å²) >= 11 is 0. The van der Waals surface area contributed by atoms with Gasteiger partial charge in [-0.1, -0.05) is 217 Å². The molecule has 8 heteroatoms. The number of carboxylic acid groups (broad SMARTS) is 1. The molecule has 0 aromatic heterocycles. The number of hydrogen-bond donors (Lipinski definition) is 1. The second-order valence-corrected chi connectivity index (χ2v) is 19.1. The number of aliphatic carboxylic acids is 1. The normalized spacial score (nSPS) is 13.2. The lowest BCUT2D eigenvalue weighted by molar-refractivity contribution is -0.887. The van der Waals surface area contributed by atoms with Crippen LogP contribution in [0.1, 0.15) is 239 Å². The van der Waals surface area contributed by atoms with Crippen molar-refractivity contribution in [1.29, 1.82) is 0 Å². The second kappa shape index (κ2) is 46.8. The molecule has 8 nitrogen and oxygen atoms in total. The van der Waals surface area contributed by atoms with E-state index in [0.717, 1.165) is 44.9 Å². The number of likely N-dealkylation sites (N-methyl/N-ethyl adjacent to an activating group) is 1. The van der Waals surface area contributed by atoms with Crippen LogP contribution in [-0.4, -0.2) is 80.6 Å². The van der Waals surface area contributed by atoms with E-state index in [1.807, 2.05) is 21.1 Å². The molecule has 64 heavy (non-hydrogen) atoms. The highest BCUT2D eigenvalue weighted by molar-refractivity contribution is 5.72. The third-order valence-corrected chi connectivity index (χ3v) is 12.0. The summed E-state index contributed by atoms with van der Waals surface area (Å²) in [5, 5.41) is 9.65. The average molecular weight is 901 g/mol. The largest absolute Gasteiger partial charge is 0.477 e. The number of allylic oxidation sites excluding steroid dienone is 8. The van der Waals surface area contributed by atoms with Gasteiger partial charge in [0.25, 0.3) is 0 Å². The molecule has 0 rings (SSSR count). The number of nitrogens with zero attached hydrogens (tertiary/aromatic N) is 1. The Kier molecular flexibility index (Phi) is 44.8. The summed E-state index contributed by atoms with van der Waals surface area (Å²) in [6.45, 7) is 4.68. The van der Waals surface area contributed by atoms with Gasteiger partial charge >= 0.3 is 17.9 Å². The summed E-state index contributed by atoms with van der Waals surface area (Å²) in [4.78, 5) is 37.1. The van der Waals surface area contributed by atoms with Crippen molar-refractivity contribution in [3.8, 4) is 0 Å². The van der Waals surface area contributed by atoms with Crippen molar-refractivity contribution in [2.75, 3.05) is 41.0 Å². The second-order valence-electron chi connectivity index (χ2n) is 19.1. The minimum Gasteiger partial charge on any atom is -0.477 e. The van der Waals surface area contributed by atoms with Gasteiger partial charge in [0.05, 0.1) is 34.4 Å². The first kappa shape index (κ1) is 61.3. The van der Waals surface area contributed by atoms with Gasteiger partial charge in [0, 0.05) is 19.3 Å². The predicted molar refractivity (Wildman–Crippen MR) is 271 cm³/mol. The van der Waals surface area contributed by atoms with Crippen molar-refractivity contribution in [2.24, 2.45) is 0 Å². The quantitative estimate of drug-likeness (QED) is 0.0281. The summed E-state index contributed by atoms with van der Waals surface area (Å²) in [5.74, 6) is -1.53. The van der Waals surface area contributed by atoms with Crippen LogP contribution in [0.3, 0.4) is 0 Å². The molecule has 0 saturated heterocycles. The molecule has 0 saturated carbocycles. The van der Waals surface area contributed by atoms with Gasteiger partial charge in [0.15, 0.2) is 12.1 Å². The maximum atomic E-state index is 12.8. The molecule has 0 fully saturated rings. The summed E-state index contributed by atoms with van der Waals surface area (Å²) in [6, 6.07) is -0.625. The van der Waals surface area contributed by atoms with Crippen molar-refractivity contribution >= 4 is 17.9 Å². The maximum Gasteiger partial charge on any atom is 0.362 e. The smallest absolute Gasteiger partial charge is 0.362 e. The van der Waals surface area contributed by atoms with Crippen LogP contribution in [0, 0.1) is 0 Å². The Bertz CT molecular complexity index is 1190. The minimum atomic E-state index is -0.882. The van der Waals surface area contributed by atoms with Gasteiger partial charge < -0.3 is 23.8 Å². The van der Waals surface area contributed by atoms with Gasteiger partial charge in [0.2, 0.25) is 0 Å². The van der Waals surface area contributed by atoms with Crippen LogP contribution in [0.25, 0.3) is 0 Å². The molecule has 0 aliphatic carbocycles. The third-order valence-electron chi connectivity index (χ3n) is 12.0. The molecule has 0 aliphatic rings. The van der Waals surface area contributed by atoms with E-state index < -0.39 is 18.1 Å². The van der Waals surface area contributed by atoms with Crippen LogP contribution >= 0.6 is 0 Å². The van der Waals surface area contributed by atoms with E-state index in [1.165, 1.54) is 154 Å². The Morgan fingerprint density at radius 3 is 1.27 bits per heavy atom.